The molecule has 6 nitrogen and oxygen atoms in total. The van der Waals surface area contributed by atoms with Gasteiger partial charge in [0.2, 0.25) is 0 Å². The van der Waals surface area contributed by atoms with Gasteiger partial charge in [-0.15, -0.1) is 0 Å². The lowest BCUT2D eigenvalue weighted by atomic mass is 9.99. The summed E-state index contributed by atoms with van der Waals surface area (Å²) < 4.78 is 15.2. The number of hydrogen-bond donors (Lipinski definition) is 1. The fraction of sp³-hybridized carbons (Fsp3) is 0.267. The third kappa shape index (κ3) is 5.50. The van der Waals surface area contributed by atoms with Crippen LogP contribution in [0.1, 0.15) is 53.2 Å². The zero-order chi connectivity index (χ0) is 25.8. The lowest BCUT2D eigenvalue weighted by Crippen LogP contribution is -2.29. The predicted octanol–water partition coefficient (Wildman–Crippen LogP) is 5.86. The maximum atomic E-state index is 15.2. The van der Waals surface area contributed by atoms with Crippen molar-refractivity contribution in [2.75, 3.05) is 13.1 Å². The van der Waals surface area contributed by atoms with Crippen LogP contribution in [0.5, 0.6) is 0 Å². The molecule has 0 saturated carbocycles. The van der Waals surface area contributed by atoms with Crippen LogP contribution in [0.25, 0.3) is 22.3 Å². The van der Waals surface area contributed by atoms with Crippen LogP contribution in [0, 0.1) is 5.82 Å². The third-order valence-corrected chi connectivity index (χ3v) is 6.90. The molecule has 188 valence electrons. The SMILES string of the molecule is O=C(O)CCCCc1nc2cc(C(=O)N3CCC(c4ccccc4)C3)c(F)cc2nc1-c1ccccc1. The van der Waals surface area contributed by atoms with Gasteiger partial charge in [0.05, 0.1) is 28.0 Å². The van der Waals surface area contributed by atoms with Crippen LogP contribution in [0.3, 0.4) is 0 Å². The molecule has 0 bridgehead atoms. The molecule has 0 aliphatic carbocycles. The fourth-order valence-electron chi connectivity index (χ4n) is 4.96. The summed E-state index contributed by atoms with van der Waals surface area (Å²) in [4.78, 5) is 35.5. The minimum absolute atomic E-state index is 0.000185. The first-order valence-electron chi connectivity index (χ1n) is 12.6. The number of aromatic nitrogens is 2. The van der Waals surface area contributed by atoms with E-state index in [0.717, 1.165) is 12.0 Å². The van der Waals surface area contributed by atoms with Crippen molar-refractivity contribution in [1.82, 2.24) is 14.9 Å². The fourth-order valence-corrected chi connectivity index (χ4v) is 4.96. The Hall–Kier alpha value is -4.13. The standard InChI is InChI=1S/C30H28FN3O3/c31-24-18-27-26(17-23(24)30(37)34-16-15-22(19-34)20-9-3-1-4-10-20)32-25(13-7-8-14-28(35)36)29(33-27)21-11-5-2-6-12-21/h1-6,9-12,17-18,22H,7-8,13-16,19H2,(H,35,36). The Balaban J connectivity index is 1.44. The highest BCUT2D eigenvalue weighted by atomic mass is 19.1. The Morgan fingerprint density at radius 3 is 2.38 bits per heavy atom. The van der Waals surface area contributed by atoms with Gasteiger partial charge in [-0.3, -0.25) is 9.59 Å². The van der Waals surface area contributed by atoms with E-state index in [0.29, 0.717) is 54.8 Å². The molecular formula is C30H28FN3O3. The average Bonchev–Trinajstić information content (AvgIpc) is 3.41. The van der Waals surface area contributed by atoms with E-state index in [4.69, 9.17) is 15.1 Å². The first kappa shape index (κ1) is 24.6. The van der Waals surface area contributed by atoms with E-state index >= 15 is 4.39 Å². The third-order valence-electron chi connectivity index (χ3n) is 6.90. The molecule has 1 N–H and O–H groups in total. The Bertz CT molecular complexity index is 1430. The summed E-state index contributed by atoms with van der Waals surface area (Å²) in [7, 11) is 0. The van der Waals surface area contributed by atoms with Gasteiger partial charge < -0.3 is 10.0 Å². The van der Waals surface area contributed by atoms with Gasteiger partial charge in [-0.2, -0.15) is 0 Å². The molecule has 1 atom stereocenters. The molecule has 1 aliphatic rings. The highest BCUT2D eigenvalue weighted by Crippen LogP contribution is 2.30. The summed E-state index contributed by atoms with van der Waals surface area (Å²) in [6, 6.07) is 22.4. The van der Waals surface area contributed by atoms with Crippen molar-refractivity contribution in [3.63, 3.8) is 0 Å². The largest absolute Gasteiger partial charge is 0.481 e. The van der Waals surface area contributed by atoms with Gasteiger partial charge in [0, 0.05) is 37.1 Å². The van der Waals surface area contributed by atoms with Crippen molar-refractivity contribution >= 4 is 22.9 Å². The Morgan fingerprint density at radius 1 is 0.946 bits per heavy atom. The zero-order valence-corrected chi connectivity index (χ0v) is 20.4. The van der Waals surface area contributed by atoms with Crippen molar-refractivity contribution in [3.8, 4) is 11.3 Å². The Kier molecular flexibility index (Phi) is 7.21. The average molecular weight is 498 g/mol. The summed E-state index contributed by atoms with van der Waals surface area (Å²) in [5.41, 5.74) is 4.23. The smallest absolute Gasteiger partial charge is 0.303 e. The van der Waals surface area contributed by atoms with Crippen LogP contribution in [0.2, 0.25) is 0 Å². The number of amides is 1. The number of carbonyl (C=O) groups excluding carboxylic acids is 1. The number of likely N-dealkylation sites (tertiary alicyclic amines) is 1. The maximum Gasteiger partial charge on any atom is 0.303 e. The van der Waals surface area contributed by atoms with Crippen molar-refractivity contribution in [3.05, 3.63) is 95.4 Å². The van der Waals surface area contributed by atoms with Crippen molar-refractivity contribution in [2.45, 2.75) is 38.0 Å². The Morgan fingerprint density at radius 2 is 1.65 bits per heavy atom. The quantitative estimate of drug-likeness (QED) is 0.308. The van der Waals surface area contributed by atoms with E-state index in [2.05, 4.69) is 12.1 Å². The molecule has 7 heteroatoms. The minimum Gasteiger partial charge on any atom is -0.481 e. The number of aliphatic carboxylic acids is 1. The summed E-state index contributed by atoms with van der Waals surface area (Å²) >= 11 is 0. The number of fused-ring (bicyclic) bond motifs is 1. The van der Waals surface area contributed by atoms with Crippen LogP contribution in [-0.4, -0.2) is 44.9 Å². The molecular weight excluding hydrogens is 469 g/mol. The molecule has 0 spiro atoms. The Labute approximate surface area is 214 Å². The molecule has 1 aliphatic heterocycles. The van der Waals surface area contributed by atoms with Gasteiger partial charge >= 0.3 is 5.97 Å². The van der Waals surface area contributed by atoms with Gasteiger partial charge in [0.25, 0.3) is 5.91 Å². The number of benzene rings is 3. The molecule has 0 radical (unpaired) electrons. The van der Waals surface area contributed by atoms with Crippen LogP contribution in [0.15, 0.2) is 72.8 Å². The number of rotatable bonds is 8. The summed E-state index contributed by atoms with van der Waals surface area (Å²) in [6.07, 6.45) is 2.62. The van der Waals surface area contributed by atoms with Crippen molar-refractivity contribution in [1.29, 1.82) is 0 Å². The number of unbranched alkanes of at least 4 members (excludes halogenated alkanes) is 1. The lowest BCUT2D eigenvalue weighted by molar-refractivity contribution is -0.137. The number of hydrogen-bond acceptors (Lipinski definition) is 4. The second kappa shape index (κ2) is 10.9. The van der Waals surface area contributed by atoms with Gasteiger partial charge in [0.15, 0.2) is 0 Å². The number of nitrogens with zero attached hydrogens (tertiary/aromatic N) is 3. The maximum absolute atomic E-state index is 15.2. The van der Waals surface area contributed by atoms with Crippen molar-refractivity contribution in [2.24, 2.45) is 0 Å². The second-order valence-electron chi connectivity index (χ2n) is 9.45. The van der Waals surface area contributed by atoms with E-state index in [-0.39, 0.29) is 23.8 Å². The van der Waals surface area contributed by atoms with Crippen LogP contribution >= 0.6 is 0 Å². The van der Waals surface area contributed by atoms with E-state index in [1.807, 2.05) is 48.5 Å². The highest BCUT2D eigenvalue weighted by molar-refractivity contribution is 5.98. The number of carboxylic acid groups (broad SMARTS) is 1. The van der Waals surface area contributed by atoms with E-state index in [1.54, 1.807) is 4.90 Å². The first-order chi connectivity index (χ1) is 18.0. The molecule has 4 aromatic rings. The minimum atomic E-state index is -0.831. The summed E-state index contributed by atoms with van der Waals surface area (Å²) in [5.74, 6) is -1.54. The van der Waals surface area contributed by atoms with Gasteiger partial charge in [-0.1, -0.05) is 60.7 Å². The molecule has 1 saturated heterocycles. The zero-order valence-electron chi connectivity index (χ0n) is 20.4. The number of aryl methyl sites for hydroxylation is 1. The molecule has 5 rings (SSSR count). The summed E-state index contributed by atoms with van der Waals surface area (Å²) in [6.45, 7) is 1.12. The number of carboxylic acids is 1. The molecule has 1 fully saturated rings. The monoisotopic (exact) mass is 497 g/mol. The van der Waals surface area contributed by atoms with E-state index in [1.165, 1.54) is 17.7 Å². The molecule has 37 heavy (non-hydrogen) atoms. The molecule has 1 aromatic heterocycles. The van der Waals surface area contributed by atoms with Crippen LogP contribution in [-0.2, 0) is 11.2 Å². The second-order valence-corrected chi connectivity index (χ2v) is 9.45. The normalized spacial score (nSPS) is 15.3. The number of halogens is 1. The van der Waals surface area contributed by atoms with E-state index in [9.17, 15) is 9.59 Å². The van der Waals surface area contributed by atoms with Crippen molar-refractivity contribution < 1.29 is 19.1 Å². The molecule has 2 heterocycles. The van der Waals surface area contributed by atoms with Crippen LogP contribution < -0.4 is 0 Å². The predicted molar refractivity (Wildman–Crippen MR) is 140 cm³/mol. The summed E-state index contributed by atoms with van der Waals surface area (Å²) in [5, 5.41) is 8.96. The van der Waals surface area contributed by atoms with E-state index < -0.39 is 11.8 Å². The molecule has 3 aromatic carbocycles. The topological polar surface area (TPSA) is 83.4 Å². The number of carbonyl (C=O) groups is 2. The lowest BCUT2D eigenvalue weighted by Gasteiger charge is -2.18. The van der Waals surface area contributed by atoms with Crippen LogP contribution in [0.4, 0.5) is 4.39 Å². The first-order valence-corrected chi connectivity index (χ1v) is 12.6. The van der Waals surface area contributed by atoms with Gasteiger partial charge in [-0.05, 0) is 37.3 Å². The molecule has 1 amide bonds. The van der Waals surface area contributed by atoms with Gasteiger partial charge in [-0.25, -0.2) is 14.4 Å². The highest BCUT2D eigenvalue weighted by Gasteiger charge is 2.29. The molecule has 1 unspecified atom stereocenters. The van der Waals surface area contributed by atoms with Gasteiger partial charge in [0.1, 0.15) is 5.82 Å².